The predicted octanol–water partition coefficient (Wildman–Crippen LogP) is 1.11. The Bertz CT molecular complexity index is 247. The van der Waals surface area contributed by atoms with E-state index in [0.717, 1.165) is 25.7 Å². The SMILES string of the molecule is CNC(CCOC1CCCC(OC)C1)C(=O)OC. The van der Waals surface area contributed by atoms with Gasteiger partial charge in [-0.25, -0.2) is 0 Å². The molecule has 3 unspecified atom stereocenters. The van der Waals surface area contributed by atoms with Gasteiger partial charge in [0.25, 0.3) is 0 Å². The Balaban J connectivity index is 2.21. The third kappa shape index (κ3) is 4.92. The maximum Gasteiger partial charge on any atom is 0.322 e. The molecule has 1 aliphatic carbocycles. The molecule has 0 heterocycles. The van der Waals surface area contributed by atoms with Crippen LogP contribution in [0.15, 0.2) is 0 Å². The third-order valence-electron chi connectivity index (χ3n) is 3.51. The summed E-state index contributed by atoms with van der Waals surface area (Å²) < 4.78 is 15.9. The van der Waals surface area contributed by atoms with E-state index in [1.807, 2.05) is 0 Å². The first-order valence-electron chi connectivity index (χ1n) is 6.60. The van der Waals surface area contributed by atoms with Gasteiger partial charge in [-0.3, -0.25) is 4.79 Å². The molecule has 18 heavy (non-hydrogen) atoms. The molecule has 0 spiro atoms. The number of hydrogen-bond donors (Lipinski definition) is 1. The zero-order valence-electron chi connectivity index (χ0n) is 11.6. The number of rotatable bonds is 7. The molecule has 1 aliphatic rings. The Morgan fingerprint density at radius 2 is 2.06 bits per heavy atom. The molecule has 1 saturated carbocycles. The van der Waals surface area contributed by atoms with Gasteiger partial charge in [0.1, 0.15) is 6.04 Å². The summed E-state index contributed by atoms with van der Waals surface area (Å²) in [6, 6.07) is -0.281. The lowest BCUT2D eigenvalue weighted by atomic mass is 9.95. The number of carbonyl (C=O) groups is 1. The number of ether oxygens (including phenoxy) is 3. The van der Waals surface area contributed by atoms with E-state index in [4.69, 9.17) is 14.2 Å². The van der Waals surface area contributed by atoms with Crippen LogP contribution < -0.4 is 5.32 Å². The molecule has 1 fully saturated rings. The average molecular weight is 259 g/mol. The lowest BCUT2D eigenvalue weighted by Gasteiger charge is -2.28. The van der Waals surface area contributed by atoms with Gasteiger partial charge in [0.2, 0.25) is 0 Å². The van der Waals surface area contributed by atoms with Crippen molar-refractivity contribution in [1.82, 2.24) is 5.32 Å². The van der Waals surface area contributed by atoms with E-state index >= 15 is 0 Å². The Labute approximate surface area is 109 Å². The Morgan fingerprint density at radius 1 is 1.33 bits per heavy atom. The molecule has 5 nitrogen and oxygen atoms in total. The summed E-state index contributed by atoms with van der Waals surface area (Å²) in [5.41, 5.74) is 0. The number of likely N-dealkylation sites (N-methyl/N-ethyl adjacent to an activating group) is 1. The van der Waals surface area contributed by atoms with Crippen molar-refractivity contribution in [2.45, 2.75) is 50.4 Å². The van der Waals surface area contributed by atoms with Crippen LogP contribution in [0.1, 0.15) is 32.1 Å². The van der Waals surface area contributed by atoms with Crippen molar-refractivity contribution < 1.29 is 19.0 Å². The maximum absolute atomic E-state index is 11.4. The highest BCUT2D eigenvalue weighted by Gasteiger charge is 2.23. The first-order chi connectivity index (χ1) is 8.71. The highest BCUT2D eigenvalue weighted by atomic mass is 16.5. The van der Waals surface area contributed by atoms with Gasteiger partial charge in [-0.2, -0.15) is 0 Å². The van der Waals surface area contributed by atoms with Crippen LogP contribution in [-0.4, -0.2) is 52.1 Å². The minimum atomic E-state index is -0.281. The zero-order valence-corrected chi connectivity index (χ0v) is 11.6. The van der Waals surface area contributed by atoms with Crippen LogP contribution in [0.25, 0.3) is 0 Å². The molecule has 1 rings (SSSR count). The molecule has 0 amide bonds. The topological polar surface area (TPSA) is 56.8 Å². The Morgan fingerprint density at radius 3 is 2.67 bits per heavy atom. The van der Waals surface area contributed by atoms with E-state index in [9.17, 15) is 4.79 Å². The van der Waals surface area contributed by atoms with Gasteiger partial charge < -0.3 is 19.5 Å². The van der Waals surface area contributed by atoms with Gasteiger partial charge in [0.05, 0.1) is 19.3 Å². The van der Waals surface area contributed by atoms with Crippen molar-refractivity contribution >= 4 is 5.97 Å². The quantitative estimate of drug-likeness (QED) is 0.694. The number of methoxy groups -OCH3 is 2. The van der Waals surface area contributed by atoms with Crippen LogP contribution in [0.2, 0.25) is 0 Å². The average Bonchev–Trinajstić information content (AvgIpc) is 2.43. The van der Waals surface area contributed by atoms with Crippen molar-refractivity contribution in [3.05, 3.63) is 0 Å². The lowest BCUT2D eigenvalue weighted by Crippen LogP contribution is -2.37. The first-order valence-corrected chi connectivity index (χ1v) is 6.60. The van der Waals surface area contributed by atoms with Crippen molar-refractivity contribution in [3.8, 4) is 0 Å². The molecule has 0 radical (unpaired) electrons. The highest BCUT2D eigenvalue weighted by molar-refractivity contribution is 5.75. The molecular weight excluding hydrogens is 234 g/mol. The number of esters is 1. The maximum atomic E-state index is 11.4. The first kappa shape index (κ1) is 15.4. The monoisotopic (exact) mass is 259 g/mol. The molecular formula is C13H25NO4. The van der Waals surface area contributed by atoms with Crippen LogP contribution >= 0.6 is 0 Å². The molecule has 0 aromatic rings. The second-order valence-electron chi connectivity index (χ2n) is 4.67. The van der Waals surface area contributed by atoms with Crippen molar-refractivity contribution in [2.24, 2.45) is 0 Å². The van der Waals surface area contributed by atoms with Crippen LogP contribution in [0.4, 0.5) is 0 Å². The van der Waals surface area contributed by atoms with E-state index in [0.29, 0.717) is 19.1 Å². The second-order valence-corrected chi connectivity index (χ2v) is 4.67. The zero-order chi connectivity index (χ0) is 13.4. The molecule has 0 aliphatic heterocycles. The van der Waals surface area contributed by atoms with Crippen molar-refractivity contribution in [2.75, 3.05) is 27.9 Å². The minimum Gasteiger partial charge on any atom is -0.468 e. The standard InChI is InChI=1S/C13H25NO4/c1-14-12(13(15)17-3)7-8-18-11-6-4-5-10(9-11)16-2/h10-12,14H,4-9H2,1-3H3. The van der Waals surface area contributed by atoms with Crippen LogP contribution in [0, 0.1) is 0 Å². The fourth-order valence-corrected chi connectivity index (χ4v) is 2.34. The summed E-state index contributed by atoms with van der Waals surface area (Å²) in [4.78, 5) is 11.4. The largest absolute Gasteiger partial charge is 0.468 e. The molecule has 3 atom stereocenters. The summed E-state index contributed by atoms with van der Waals surface area (Å²) in [5, 5.41) is 2.93. The van der Waals surface area contributed by atoms with Gasteiger partial charge in [-0.05, 0) is 39.2 Å². The molecule has 5 heteroatoms. The molecule has 0 bridgehead atoms. The van der Waals surface area contributed by atoms with Gasteiger partial charge in [0, 0.05) is 13.7 Å². The van der Waals surface area contributed by atoms with E-state index in [1.165, 1.54) is 7.11 Å². The van der Waals surface area contributed by atoms with Crippen LogP contribution in [-0.2, 0) is 19.0 Å². The fourth-order valence-electron chi connectivity index (χ4n) is 2.34. The second kappa shape index (κ2) is 8.45. The number of nitrogens with one attached hydrogen (secondary N) is 1. The Kier molecular flexibility index (Phi) is 7.23. The summed E-state index contributed by atoms with van der Waals surface area (Å²) in [7, 11) is 4.91. The van der Waals surface area contributed by atoms with Gasteiger partial charge in [-0.1, -0.05) is 0 Å². The van der Waals surface area contributed by atoms with Crippen LogP contribution in [0.5, 0.6) is 0 Å². The highest BCUT2D eigenvalue weighted by Crippen LogP contribution is 2.23. The van der Waals surface area contributed by atoms with Gasteiger partial charge >= 0.3 is 5.97 Å². The summed E-state index contributed by atoms with van der Waals surface area (Å²) in [6.07, 6.45) is 5.54. The number of carbonyl (C=O) groups excluding carboxylic acids is 1. The summed E-state index contributed by atoms with van der Waals surface area (Å²) in [6.45, 7) is 0.571. The van der Waals surface area contributed by atoms with E-state index < -0.39 is 0 Å². The van der Waals surface area contributed by atoms with Crippen molar-refractivity contribution in [3.63, 3.8) is 0 Å². The molecule has 106 valence electrons. The number of hydrogen-bond acceptors (Lipinski definition) is 5. The van der Waals surface area contributed by atoms with E-state index in [1.54, 1.807) is 14.2 Å². The molecule has 0 aromatic heterocycles. The summed E-state index contributed by atoms with van der Waals surface area (Å²) >= 11 is 0. The Hall–Kier alpha value is -0.650. The van der Waals surface area contributed by atoms with Crippen molar-refractivity contribution in [1.29, 1.82) is 0 Å². The van der Waals surface area contributed by atoms with E-state index in [-0.39, 0.29) is 18.1 Å². The predicted molar refractivity (Wildman–Crippen MR) is 68.5 cm³/mol. The van der Waals surface area contributed by atoms with E-state index in [2.05, 4.69) is 5.32 Å². The van der Waals surface area contributed by atoms with Gasteiger partial charge in [0.15, 0.2) is 0 Å². The molecule has 1 N–H and O–H groups in total. The molecule has 0 saturated heterocycles. The molecule has 0 aromatic carbocycles. The fraction of sp³-hybridized carbons (Fsp3) is 0.923. The summed E-state index contributed by atoms with van der Waals surface area (Å²) in [5.74, 6) is -0.237. The normalized spacial score (nSPS) is 25.7. The third-order valence-corrected chi connectivity index (χ3v) is 3.51. The lowest BCUT2D eigenvalue weighted by molar-refractivity contribution is -0.143. The van der Waals surface area contributed by atoms with Gasteiger partial charge in [-0.15, -0.1) is 0 Å². The van der Waals surface area contributed by atoms with Crippen LogP contribution in [0.3, 0.4) is 0 Å². The minimum absolute atomic E-state index is 0.237. The smallest absolute Gasteiger partial charge is 0.322 e.